The average Bonchev–Trinajstić information content (AvgIpc) is 2.78. The van der Waals surface area contributed by atoms with E-state index in [-0.39, 0.29) is 11.7 Å². The molecule has 6 nitrogen and oxygen atoms in total. The third-order valence-corrected chi connectivity index (χ3v) is 3.43. The summed E-state index contributed by atoms with van der Waals surface area (Å²) in [5.41, 5.74) is 1.06. The average molecular weight is 263 g/mol. The molecule has 1 aromatic heterocycles. The number of hydrogen-bond donors (Lipinski definition) is 1. The fraction of sp³-hybridized carbons (Fsp3) is 0.462. The van der Waals surface area contributed by atoms with Crippen LogP contribution < -0.4 is 5.32 Å². The lowest BCUT2D eigenvalue weighted by Crippen LogP contribution is -2.23. The zero-order valence-electron chi connectivity index (χ0n) is 11.2. The summed E-state index contributed by atoms with van der Waals surface area (Å²) in [4.78, 5) is 14.5. The highest BCUT2D eigenvalue weighted by Gasteiger charge is 2.15. The van der Waals surface area contributed by atoms with Crippen LogP contribution in [0, 0.1) is 16.0 Å². The largest absolute Gasteiger partial charge is 0.424 e. The number of oxazole rings is 1. The van der Waals surface area contributed by atoms with Crippen LogP contribution in [0.5, 0.6) is 0 Å². The molecule has 6 heteroatoms. The topological polar surface area (TPSA) is 81.2 Å². The van der Waals surface area contributed by atoms with Gasteiger partial charge in [0.2, 0.25) is 0 Å². The van der Waals surface area contributed by atoms with Crippen molar-refractivity contribution in [2.45, 2.75) is 33.2 Å². The third kappa shape index (κ3) is 2.83. The molecule has 0 saturated heterocycles. The summed E-state index contributed by atoms with van der Waals surface area (Å²) in [7, 11) is 0. The molecule has 0 aliphatic rings. The van der Waals surface area contributed by atoms with E-state index in [0.717, 1.165) is 6.42 Å². The highest BCUT2D eigenvalue weighted by atomic mass is 16.6. The van der Waals surface area contributed by atoms with Crippen LogP contribution in [0.25, 0.3) is 11.1 Å². The van der Waals surface area contributed by atoms with E-state index >= 15 is 0 Å². The van der Waals surface area contributed by atoms with Crippen LogP contribution in [0.1, 0.15) is 27.2 Å². The number of rotatable bonds is 5. The summed E-state index contributed by atoms with van der Waals surface area (Å²) in [6.07, 6.45) is 1.06. The Hall–Kier alpha value is -2.11. The van der Waals surface area contributed by atoms with Gasteiger partial charge in [0, 0.05) is 18.2 Å². The van der Waals surface area contributed by atoms with Gasteiger partial charge in [-0.25, -0.2) is 0 Å². The maximum atomic E-state index is 10.7. The first-order chi connectivity index (χ1) is 9.01. The van der Waals surface area contributed by atoms with Gasteiger partial charge in [-0.3, -0.25) is 10.1 Å². The number of nitro benzene ring substituents is 1. The first-order valence-electron chi connectivity index (χ1n) is 6.32. The van der Waals surface area contributed by atoms with E-state index in [2.05, 4.69) is 31.1 Å². The van der Waals surface area contributed by atoms with E-state index in [0.29, 0.717) is 23.0 Å². The quantitative estimate of drug-likeness (QED) is 0.658. The maximum absolute atomic E-state index is 10.7. The van der Waals surface area contributed by atoms with E-state index in [1.165, 1.54) is 12.1 Å². The van der Waals surface area contributed by atoms with Gasteiger partial charge in [0.15, 0.2) is 5.58 Å². The minimum absolute atomic E-state index is 0.0160. The number of fused-ring (bicyclic) bond motifs is 1. The van der Waals surface area contributed by atoms with Crippen molar-refractivity contribution in [1.29, 1.82) is 0 Å². The molecule has 0 fully saturated rings. The first-order valence-corrected chi connectivity index (χ1v) is 6.32. The molecule has 19 heavy (non-hydrogen) atoms. The maximum Gasteiger partial charge on any atom is 0.295 e. The Morgan fingerprint density at radius 2 is 2.21 bits per heavy atom. The Labute approximate surface area is 111 Å². The van der Waals surface area contributed by atoms with E-state index in [9.17, 15) is 10.1 Å². The fourth-order valence-electron chi connectivity index (χ4n) is 1.78. The summed E-state index contributed by atoms with van der Waals surface area (Å²) in [6, 6.07) is 5.03. The summed E-state index contributed by atoms with van der Waals surface area (Å²) < 4.78 is 5.52. The van der Waals surface area contributed by atoms with Gasteiger partial charge in [0.25, 0.3) is 11.7 Å². The van der Waals surface area contributed by atoms with Gasteiger partial charge < -0.3 is 9.73 Å². The lowest BCUT2D eigenvalue weighted by molar-refractivity contribution is -0.384. The summed E-state index contributed by atoms with van der Waals surface area (Å²) in [5, 5.41) is 13.9. The second kappa shape index (κ2) is 5.26. The molecule has 0 amide bonds. The van der Waals surface area contributed by atoms with E-state index in [4.69, 9.17) is 4.42 Å². The molecule has 0 radical (unpaired) electrons. The zero-order valence-corrected chi connectivity index (χ0v) is 11.2. The van der Waals surface area contributed by atoms with Crippen molar-refractivity contribution < 1.29 is 9.34 Å². The van der Waals surface area contributed by atoms with Crippen molar-refractivity contribution in [3.05, 3.63) is 28.3 Å². The minimum atomic E-state index is -0.441. The summed E-state index contributed by atoms with van der Waals surface area (Å²) >= 11 is 0. The molecular weight excluding hydrogens is 246 g/mol. The SMILES string of the molecule is CCC(C)C(C)Nc1nc2cc([N+](=O)[O-])ccc2o1. The highest BCUT2D eigenvalue weighted by molar-refractivity contribution is 5.77. The Bertz CT molecular complexity index is 594. The number of benzene rings is 1. The molecule has 1 heterocycles. The van der Waals surface area contributed by atoms with Gasteiger partial charge in [0.1, 0.15) is 5.52 Å². The van der Waals surface area contributed by atoms with Crippen molar-refractivity contribution >= 4 is 22.8 Å². The van der Waals surface area contributed by atoms with Crippen LogP contribution in [0.15, 0.2) is 22.6 Å². The summed E-state index contributed by atoms with van der Waals surface area (Å²) in [5.74, 6) is 0.490. The Morgan fingerprint density at radius 3 is 2.84 bits per heavy atom. The smallest absolute Gasteiger partial charge is 0.295 e. The molecule has 0 spiro atoms. The first kappa shape index (κ1) is 13.3. The van der Waals surface area contributed by atoms with Gasteiger partial charge in [-0.05, 0) is 18.9 Å². The van der Waals surface area contributed by atoms with Crippen LogP contribution in [-0.2, 0) is 0 Å². The van der Waals surface area contributed by atoms with Crippen molar-refractivity contribution in [1.82, 2.24) is 4.98 Å². The number of aromatic nitrogens is 1. The van der Waals surface area contributed by atoms with E-state index in [1.54, 1.807) is 6.07 Å². The van der Waals surface area contributed by atoms with Gasteiger partial charge in [-0.2, -0.15) is 4.98 Å². The molecule has 2 aromatic rings. The molecule has 0 bridgehead atoms. The Kier molecular flexibility index (Phi) is 3.69. The lowest BCUT2D eigenvalue weighted by Gasteiger charge is -2.18. The Morgan fingerprint density at radius 1 is 1.47 bits per heavy atom. The van der Waals surface area contributed by atoms with Gasteiger partial charge in [0.05, 0.1) is 4.92 Å². The van der Waals surface area contributed by atoms with Crippen LogP contribution in [0.4, 0.5) is 11.7 Å². The van der Waals surface area contributed by atoms with Crippen LogP contribution >= 0.6 is 0 Å². The van der Waals surface area contributed by atoms with E-state index in [1.807, 2.05) is 0 Å². The molecule has 2 rings (SSSR count). The predicted molar refractivity (Wildman–Crippen MR) is 73.2 cm³/mol. The summed E-state index contributed by atoms with van der Waals surface area (Å²) in [6.45, 7) is 6.33. The van der Waals surface area contributed by atoms with Crippen molar-refractivity contribution in [2.24, 2.45) is 5.92 Å². The highest BCUT2D eigenvalue weighted by Crippen LogP contribution is 2.24. The molecule has 102 valence electrons. The fourth-order valence-corrected chi connectivity index (χ4v) is 1.78. The number of anilines is 1. The van der Waals surface area contributed by atoms with Crippen LogP contribution in [0.3, 0.4) is 0 Å². The molecule has 2 unspecified atom stereocenters. The molecule has 0 aliphatic heterocycles. The van der Waals surface area contributed by atoms with Gasteiger partial charge >= 0.3 is 0 Å². The molecule has 1 N–H and O–H groups in total. The number of hydrogen-bond acceptors (Lipinski definition) is 5. The molecule has 1 aromatic carbocycles. The van der Waals surface area contributed by atoms with Crippen LogP contribution in [-0.4, -0.2) is 15.9 Å². The van der Waals surface area contributed by atoms with Crippen molar-refractivity contribution in [3.8, 4) is 0 Å². The van der Waals surface area contributed by atoms with Crippen molar-refractivity contribution in [2.75, 3.05) is 5.32 Å². The third-order valence-electron chi connectivity index (χ3n) is 3.43. The standard InChI is InChI=1S/C13H17N3O3/c1-4-8(2)9(3)14-13-15-11-7-10(16(17)18)5-6-12(11)19-13/h5-9H,4H2,1-3H3,(H,14,15). The number of nitrogens with zero attached hydrogens (tertiary/aromatic N) is 2. The van der Waals surface area contributed by atoms with Gasteiger partial charge in [-0.1, -0.05) is 20.3 Å². The normalized spacial score (nSPS) is 14.3. The lowest BCUT2D eigenvalue weighted by atomic mass is 10.0. The second-order valence-corrected chi connectivity index (χ2v) is 4.75. The van der Waals surface area contributed by atoms with E-state index < -0.39 is 4.92 Å². The zero-order chi connectivity index (χ0) is 14.0. The predicted octanol–water partition coefficient (Wildman–Crippen LogP) is 3.58. The monoisotopic (exact) mass is 263 g/mol. The molecular formula is C13H17N3O3. The number of non-ortho nitro benzene ring substituents is 1. The number of nitrogens with one attached hydrogen (secondary N) is 1. The molecule has 0 saturated carbocycles. The van der Waals surface area contributed by atoms with Crippen LogP contribution in [0.2, 0.25) is 0 Å². The van der Waals surface area contributed by atoms with Gasteiger partial charge in [-0.15, -0.1) is 0 Å². The van der Waals surface area contributed by atoms with Crippen molar-refractivity contribution in [3.63, 3.8) is 0 Å². The second-order valence-electron chi connectivity index (χ2n) is 4.75. The number of nitro groups is 1. The molecule has 2 atom stereocenters. The minimum Gasteiger partial charge on any atom is -0.424 e. The Balaban J connectivity index is 2.24. The molecule has 0 aliphatic carbocycles.